The largest absolute Gasteiger partial charge is 1.00 e. The van der Waals surface area contributed by atoms with Crippen molar-refractivity contribution >= 4 is 22.7 Å². The van der Waals surface area contributed by atoms with Gasteiger partial charge in [0.1, 0.15) is 12.4 Å². The van der Waals surface area contributed by atoms with Crippen LogP contribution in [0.25, 0.3) is 10.9 Å². The van der Waals surface area contributed by atoms with Gasteiger partial charge in [0.05, 0.1) is 5.56 Å². The first-order valence-electron chi connectivity index (χ1n) is 11.4. The summed E-state index contributed by atoms with van der Waals surface area (Å²) in [4.78, 5) is 56.9. The summed E-state index contributed by atoms with van der Waals surface area (Å²) in [7, 11) is 0. The van der Waals surface area contributed by atoms with Gasteiger partial charge >= 0.3 is 29.6 Å². The number of benzene rings is 2. The number of rotatable bonds is 6. The number of aromatic nitrogens is 2. The first-order chi connectivity index (χ1) is 16.3. The maximum absolute atomic E-state index is 14.6. The minimum absolute atomic E-state index is 0. The van der Waals surface area contributed by atoms with Gasteiger partial charge in [-0.2, -0.15) is 0 Å². The molecule has 2 amide bonds. The summed E-state index contributed by atoms with van der Waals surface area (Å²) in [5.74, 6) is -1.41. The molecule has 0 spiro atoms. The minimum Gasteiger partial charge on any atom is -0.405 e. The topological polar surface area (TPSA) is 93.8 Å². The van der Waals surface area contributed by atoms with Crippen molar-refractivity contribution < 1.29 is 43.5 Å². The molecule has 0 bridgehead atoms. The van der Waals surface area contributed by atoms with Gasteiger partial charge in [-0.3, -0.25) is 19.2 Å². The average Bonchev–Trinajstić information content (AvgIpc) is 2.84. The molecule has 1 aromatic heterocycles. The number of carbonyl (C=O) groups excluding carboxylic acids is 2. The van der Waals surface area contributed by atoms with Crippen LogP contribution in [-0.2, 0) is 11.3 Å². The molecule has 1 fully saturated rings. The van der Waals surface area contributed by atoms with Crippen molar-refractivity contribution in [2.45, 2.75) is 39.3 Å². The maximum atomic E-state index is 14.6. The molecule has 8 nitrogen and oxygen atoms in total. The molecule has 10 heteroatoms. The summed E-state index contributed by atoms with van der Waals surface area (Å²) in [5, 5.41) is 0.300. The molecule has 0 radical (unpaired) electrons. The molecule has 2 heterocycles. The summed E-state index contributed by atoms with van der Waals surface area (Å²) in [6.45, 7) is 4.69. The van der Waals surface area contributed by atoms with E-state index in [2.05, 4.69) is 4.98 Å². The third kappa shape index (κ3) is 5.42. The Balaban J connectivity index is 0.00000342. The third-order valence-corrected chi connectivity index (χ3v) is 6.38. The summed E-state index contributed by atoms with van der Waals surface area (Å²) >= 11 is 0. The molecule has 0 N–H and O–H groups in total. The van der Waals surface area contributed by atoms with Crippen molar-refractivity contribution in [3.63, 3.8) is 0 Å². The molecule has 0 atom stereocenters. The van der Waals surface area contributed by atoms with Gasteiger partial charge in [0.25, 0.3) is 5.91 Å². The van der Waals surface area contributed by atoms with Gasteiger partial charge in [0.15, 0.2) is 11.2 Å². The van der Waals surface area contributed by atoms with E-state index in [0.29, 0.717) is 29.6 Å². The second-order valence-electron chi connectivity index (χ2n) is 8.40. The van der Waals surface area contributed by atoms with Gasteiger partial charge in [0.2, 0.25) is 5.91 Å². The zero-order valence-electron chi connectivity index (χ0n) is 20.2. The van der Waals surface area contributed by atoms with Crippen LogP contribution >= 0.6 is 0 Å². The summed E-state index contributed by atoms with van der Waals surface area (Å²) < 4.78 is 16.0. The van der Waals surface area contributed by atoms with Crippen LogP contribution in [0, 0.1) is 5.82 Å². The van der Waals surface area contributed by atoms with Crippen LogP contribution in [0.3, 0.4) is 0 Å². The molecule has 2 aromatic carbocycles. The number of hydrogen-bond donors (Lipinski definition) is 0. The van der Waals surface area contributed by atoms with E-state index in [1.165, 1.54) is 27.7 Å². The molecule has 3 aromatic rings. The zero-order chi connectivity index (χ0) is 24.4. The number of carbonyl (C=O) groups is 2. The number of nitrogens with zero attached hydrogens (tertiary/aromatic N) is 4. The van der Waals surface area contributed by atoms with Crippen LogP contribution in [0.1, 0.15) is 42.6 Å². The Hall–Kier alpha value is -2.75. The molecule has 1 aliphatic heterocycles. The number of hydrogen-bond acceptors (Lipinski definition) is 4. The number of fused-ring (bicyclic) bond motifs is 1. The number of para-hydroxylation sites is 1. The quantitative estimate of drug-likeness (QED) is 0.415. The van der Waals surface area contributed by atoms with Crippen molar-refractivity contribution in [3.05, 3.63) is 80.2 Å². The normalized spacial score (nSPS) is 13.9. The van der Waals surface area contributed by atoms with Crippen LogP contribution < -0.4 is 45.8 Å². The van der Waals surface area contributed by atoms with Crippen LogP contribution in [0.15, 0.2) is 52.1 Å². The Kier molecular flexibility index (Phi) is 8.69. The fourth-order valence-electron chi connectivity index (χ4n) is 4.52. The molecule has 0 unspecified atom stereocenters. The third-order valence-electron chi connectivity index (χ3n) is 6.38. The summed E-state index contributed by atoms with van der Waals surface area (Å²) in [6, 6.07) is 10.8. The second kappa shape index (κ2) is 11.3. The molecule has 178 valence electrons. The average molecular weight is 488 g/mol. The van der Waals surface area contributed by atoms with Crippen molar-refractivity contribution in [2.75, 3.05) is 19.6 Å². The Morgan fingerprint density at radius 2 is 1.77 bits per heavy atom. The van der Waals surface area contributed by atoms with E-state index in [9.17, 15) is 23.6 Å². The SMILES string of the molecule is CCC(CC)N1CCN(C(=O)c2cc(Cn3c(=O)[n-]c(=O)c4ccccc43)ccc2F)CC1=O.[Na+]. The Bertz CT molecular complexity index is 1370. The smallest absolute Gasteiger partial charge is 0.405 e. The first kappa shape index (κ1) is 26.8. The van der Waals surface area contributed by atoms with E-state index >= 15 is 0 Å². The van der Waals surface area contributed by atoms with Gasteiger partial charge in [-0.05, 0) is 42.6 Å². The maximum Gasteiger partial charge on any atom is 1.00 e. The fourth-order valence-corrected chi connectivity index (χ4v) is 4.52. The molecular formula is C25H26FN4NaO4. The summed E-state index contributed by atoms with van der Waals surface area (Å²) in [5.41, 5.74) is -0.577. The van der Waals surface area contributed by atoms with Crippen LogP contribution in [0.4, 0.5) is 4.39 Å². The van der Waals surface area contributed by atoms with Gasteiger partial charge in [0, 0.05) is 24.5 Å². The Morgan fingerprint density at radius 3 is 2.46 bits per heavy atom. The predicted octanol–water partition coefficient (Wildman–Crippen LogP) is -1.02. The van der Waals surface area contributed by atoms with Gasteiger partial charge in [-0.25, -0.2) is 4.39 Å². The molecule has 1 saturated heterocycles. The molecule has 1 aliphatic rings. The molecule has 0 saturated carbocycles. The fraction of sp³-hybridized carbons (Fsp3) is 0.360. The van der Waals surface area contributed by atoms with E-state index in [-0.39, 0.29) is 60.2 Å². The molecule has 0 aliphatic carbocycles. The van der Waals surface area contributed by atoms with Crippen molar-refractivity contribution in [3.8, 4) is 0 Å². The van der Waals surface area contributed by atoms with E-state index in [1.54, 1.807) is 29.2 Å². The van der Waals surface area contributed by atoms with E-state index in [4.69, 9.17) is 0 Å². The molecule has 4 rings (SSSR count). The van der Waals surface area contributed by atoms with Crippen LogP contribution in [-0.4, -0.2) is 51.9 Å². The summed E-state index contributed by atoms with van der Waals surface area (Å²) in [6.07, 6.45) is 1.67. The van der Waals surface area contributed by atoms with Gasteiger partial charge in [-0.15, -0.1) is 0 Å². The van der Waals surface area contributed by atoms with Gasteiger partial charge < -0.3 is 19.4 Å². The zero-order valence-corrected chi connectivity index (χ0v) is 22.2. The molecule has 35 heavy (non-hydrogen) atoms. The Labute approximate surface area is 224 Å². The first-order valence-corrected chi connectivity index (χ1v) is 11.4. The van der Waals surface area contributed by atoms with Crippen molar-refractivity contribution in [1.29, 1.82) is 0 Å². The molecular weight excluding hydrogens is 462 g/mol. The van der Waals surface area contributed by atoms with E-state index in [0.717, 1.165) is 12.8 Å². The van der Waals surface area contributed by atoms with Crippen LogP contribution in [0.5, 0.6) is 0 Å². The number of piperazine rings is 1. The second-order valence-corrected chi connectivity index (χ2v) is 8.40. The Morgan fingerprint density at radius 1 is 1.06 bits per heavy atom. The van der Waals surface area contributed by atoms with E-state index < -0.39 is 23.0 Å². The van der Waals surface area contributed by atoms with Crippen molar-refractivity contribution in [2.24, 2.45) is 0 Å². The monoisotopic (exact) mass is 488 g/mol. The van der Waals surface area contributed by atoms with Crippen molar-refractivity contribution in [1.82, 2.24) is 19.4 Å². The van der Waals surface area contributed by atoms with Gasteiger partial charge in [-0.1, -0.05) is 44.2 Å². The number of amides is 2. The number of halogens is 1. The minimum atomic E-state index is -0.718. The standard InChI is InChI=1S/C25H27FN4O4.Na/c1-3-17(4-2)29-12-11-28(15-22(29)31)24(33)19-13-16(9-10-20(19)26)14-30-21-8-6-5-7-18(21)23(32)27-25(30)34;/h5-10,13,17H,3-4,11-12,14-15H2,1-2H3,(H,27,32,34);/q;+1/p-1. The van der Waals surface area contributed by atoms with Crippen LogP contribution in [0.2, 0.25) is 0 Å². The van der Waals surface area contributed by atoms with E-state index in [1.807, 2.05) is 13.8 Å². The predicted molar refractivity (Wildman–Crippen MR) is 125 cm³/mol.